The minimum absolute atomic E-state index is 0.0139. The first kappa shape index (κ1) is 18.1. The summed E-state index contributed by atoms with van der Waals surface area (Å²) >= 11 is 1.51. The normalized spacial score (nSPS) is 10.5. The maximum Gasteiger partial charge on any atom is 0.230 e. The summed E-state index contributed by atoms with van der Waals surface area (Å²) in [4.78, 5) is 13.1. The van der Waals surface area contributed by atoms with Crippen molar-refractivity contribution < 1.29 is 9.53 Å². The third-order valence-electron chi connectivity index (χ3n) is 3.70. The zero-order valence-corrected chi connectivity index (χ0v) is 15.4. The molecule has 0 fully saturated rings. The molecular formula is C20H21N3O2S. The quantitative estimate of drug-likeness (QED) is 0.617. The van der Waals surface area contributed by atoms with E-state index in [1.807, 2.05) is 67.7 Å². The smallest absolute Gasteiger partial charge is 0.230 e. The minimum Gasteiger partial charge on any atom is -0.494 e. The molecule has 134 valence electrons. The number of carbonyl (C=O) groups excluding carboxylic acids is 1. The summed E-state index contributed by atoms with van der Waals surface area (Å²) in [7, 11) is 0. The van der Waals surface area contributed by atoms with Crippen LogP contribution >= 0.6 is 11.8 Å². The Kier molecular flexibility index (Phi) is 6.33. The molecule has 0 bridgehead atoms. The van der Waals surface area contributed by atoms with Crippen LogP contribution in [0.15, 0.2) is 71.9 Å². The van der Waals surface area contributed by atoms with Crippen LogP contribution < -0.4 is 10.1 Å². The number of amides is 1. The Balaban J connectivity index is 1.43. The van der Waals surface area contributed by atoms with Gasteiger partial charge in [0.25, 0.3) is 0 Å². The Hall–Kier alpha value is -2.73. The maximum atomic E-state index is 12.0. The molecule has 0 spiro atoms. The fourth-order valence-corrected chi connectivity index (χ4v) is 3.12. The van der Waals surface area contributed by atoms with Crippen molar-refractivity contribution in [3.05, 3.63) is 72.6 Å². The van der Waals surface area contributed by atoms with Crippen LogP contribution in [0.4, 0.5) is 0 Å². The SMILES string of the molecule is CCOc1ccc(SCC(=O)NCc2ccc(-n3cccn3)cc2)cc1. The predicted molar refractivity (Wildman–Crippen MR) is 104 cm³/mol. The standard InChI is InChI=1S/C20H21N3O2S/c1-2-25-18-8-10-19(11-9-18)26-15-20(24)21-14-16-4-6-17(7-5-16)23-13-3-12-22-23/h3-13H,2,14-15H2,1H3,(H,21,24). The van der Waals surface area contributed by atoms with Crippen molar-refractivity contribution in [2.24, 2.45) is 0 Å². The molecule has 0 unspecified atom stereocenters. The van der Waals surface area contributed by atoms with E-state index in [1.165, 1.54) is 11.8 Å². The van der Waals surface area contributed by atoms with E-state index in [9.17, 15) is 4.79 Å². The number of aromatic nitrogens is 2. The minimum atomic E-state index is 0.0139. The second-order valence-electron chi connectivity index (χ2n) is 5.59. The lowest BCUT2D eigenvalue weighted by Gasteiger charge is -2.07. The first-order valence-corrected chi connectivity index (χ1v) is 9.44. The molecule has 26 heavy (non-hydrogen) atoms. The molecule has 0 aliphatic rings. The molecule has 0 saturated carbocycles. The molecular weight excluding hydrogens is 346 g/mol. The first-order valence-electron chi connectivity index (χ1n) is 8.46. The van der Waals surface area contributed by atoms with Crippen molar-refractivity contribution in [3.8, 4) is 11.4 Å². The lowest BCUT2D eigenvalue weighted by atomic mass is 10.2. The van der Waals surface area contributed by atoms with E-state index in [0.29, 0.717) is 18.9 Å². The number of hydrogen-bond donors (Lipinski definition) is 1. The lowest BCUT2D eigenvalue weighted by molar-refractivity contribution is -0.118. The lowest BCUT2D eigenvalue weighted by Crippen LogP contribution is -2.24. The predicted octanol–water partition coefficient (Wildman–Crippen LogP) is 3.68. The van der Waals surface area contributed by atoms with E-state index in [1.54, 1.807) is 10.9 Å². The van der Waals surface area contributed by atoms with Gasteiger partial charge in [-0.25, -0.2) is 4.68 Å². The van der Waals surface area contributed by atoms with Gasteiger partial charge in [0.2, 0.25) is 5.91 Å². The van der Waals surface area contributed by atoms with Gasteiger partial charge in [-0.3, -0.25) is 4.79 Å². The van der Waals surface area contributed by atoms with E-state index in [0.717, 1.165) is 21.9 Å². The average Bonchev–Trinajstić information content (AvgIpc) is 3.21. The third-order valence-corrected chi connectivity index (χ3v) is 4.71. The Morgan fingerprint density at radius 3 is 2.58 bits per heavy atom. The van der Waals surface area contributed by atoms with Gasteiger partial charge >= 0.3 is 0 Å². The van der Waals surface area contributed by atoms with Gasteiger partial charge < -0.3 is 10.1 Å². The monoisotopic (exact) mass is 367 g/mol. The number of nitrogens with zero attached hydrogens (tertiary/aromatic N) is 2. The number of nitrogens with one attached hydrogen (secondary N) is 1. The van der Waals surface area contributed by atoms with Crippen LogP contribution in [-0.2, 0) is 11.3 Å². The molecule has 0 aliphatic heterocycles. The van der Waals surface area contributed by atoms with Crippen molar-refractivity contribution >= 4 is 17.7 Å². The van der Waals surface area contributed by atoms with E-state index in [2.05, 4.69) is 10.4 Å². The second-order valence-corrected chi connectivity index (χ2v) is 6.64. The van der Waals surface area contributed by atoms with Gasteiger partial charge in [0.1, 0.15) is 5.75 Å². The summed E-state index contributed by atoms with van der Waals surface area (Å²) in [5.41, 5.74) is 2.05. The molecule has 0 radical (unpaired) electrons. The molecule has 2 aromatic carbocycles. The van der Waals surface area contributed by atoms with E-state index < -0.39 is 0 Å². The number of hydrogen-bond acceptors (Lipinski definition) is 4. The van der Waals surface area contributed by atoms with Crippen molar-refractivity contribution in [1.29, 1.82) is 0 Å². The number of carbonyl (C=O) groups is 1. The van der Waals surface area contributed by atoms with Crippen LogP contribution in [0.3, 0.4) is 0 Å². The van der Waals surface area contributed by atoms with E-state index in [-0.39, 0.29) is 5.91 Å². The van der Waals surface area contributed by atoms with Gasteiger partial charge in [0.05, 0.1) is 18.0 Å². The van der Waals surface area contributed by atoms with Crippen molar-refractivity contribution in [3.63, 3.8) is 0 Å². The molecule has 1 N–H and O–H groups in total. The van der Waals surface area contributed by atoms with Gasteiger partial charge in [-0.2, -0.15) is 5.10 Å². The number of thioether (sulfide) groups is 1. The van der Waals surface area contributed by atoms with Crippen LogP contribution in [0.5, 0.6) is 5.75 Å². The molecule has 0 atom stereocenters. The van der Waals surface area contributed by atoms with Crippen molar-refractivity contribution in [1.82, 2.24) is 15.1 Å². The summed E-state index contributed by atoms with van der Waals surface area (Å²) in [5, 5.41) is 7.14. The fraction of sp³-hybridized carbons (Fsp3) is 0.200. The van der Waals surface area contributed by atoms with Gasteiger partial charge in [-0.05, 0) is 55.0 Å². The van der Waals surface area contributed by atoms with Gasteiger partial charge in [-0.15, -0.1) is 11.8 Å². The molecule has 0 aliphatic carbocycles. The van der Waals surface area contributed by atoms with Crippen LogP contribution in [0.1, 0.15) is 12.5 Å². The van der Waals surface area contributed by atoms with Gasteiger partial charge in [-0.1, -0.05) is 12.1 Å². The molecule has 1 aromatic heterocycles. The summed E-state index contributed by atoms with van der Waals surface area (Å²) in [6.45, 7) is 3.12. The topological polar surface area (TPSA) is 56.1 Å². The fourth-order valence-electron chi connectivity index (χ4n) is 2.39. The van der Waals surface area contributed by atoms with Crippen LogP contribution in [0.25, 0.3) is 5.69 Å². The Labute approximate surface area is 157 Å². The molecule has 3 aromatic rings. The zero-order valence-electron chi connectivity index (χ0n) is 14.6. The number of rotatable bonds is 8. The summed E-state index contributed by atoms with van der Waals surface area (Å²) < 4.78 is 7.21. The maximum absolute atomic E-state index is 12.0. The Bertz CT molecular complexity index is 815. The Morgan fingerprint density at radius 1 is 1.15 bits per heavy atom. The van der Waals surface area contributed by atoms with Crippen LogP contribution in [-0.4, -0.2) is 28.0 Å². The van der Waals surface area contributed by atoms with Gasteiger partial charge in [0.15, 0.2) is 0 Å². The number of benzene rings is 2. The summed E-state index contributed by atoms with van der Waals surface area (Å²) in [6.07, 6.45) is 3.64. The van der Waals surface area contributed by atoms with E-state index >= 15 is 0 Å². The second kappa shape index (κ2) is 9.10. The first-order chi connectivity index (χ1) is 12.7. The molecule has 3 rings (SSSR count). The molecule has 1 heterocycles. The zero-order chi connectivity index (χ0) is 18.2. The largest absolute Gasteiger partial charge is 0.494 e. The van der Waals surface area contributed by atoms with Crippen LogP contribution in [0, 0.1) is 0 Å². The summed E-state index contributed by atoms with van der Waals surface area (Å²) in [5.74, 6) is 1.25. The van der Waals surface area contributed by atoms with Gasteiger partial charge in [0, 0.05) is 23.8 Å². The highest BCUT2D eigenvalue weighted by molar-refractivity contribution is 8.00. The average molecular weight is 367 g/mol. The molecule has 0 saturated heterocycles. The molecule has 5 nitrogen and oxygen atoms in total. The van der Waals surface area contributed by atoms with Crippen molar-refractivity contribution in [2.45, 2.75) is 18.4 Å². The molecule has 1 amide bonds. The van der Waals surface area contributed by atoms with Crippen molar-refractivity contribution in [2.75, 3.05) is 12.4 Å². The molecule has 6 heteroatoms. The third kappa shape index (κ3) is 5.13. The summed E-state index contributed by atoms with van der Waals surface area (Å²) in [6, 6.07) is 17.6. The Morgan fingerprint density at radius 2 is 1.92 bits per heavy atom. The highest BCUT2D eigenvalue weighted by Gasteiger charge is 2.04. The van der Waals surface area contributed by atoms with E-state index in [4.69, 9.17) is 4.74 Å². The van der Waals surface area contributed by atoms with Crippen LogP contribution in [0.2, 0.25) is 0 Å². The highest BCUT2D eigenvalue weighted by atomic mass is 32.2. The highest BCUT2D eigenvalue weighted by Crippen LogP contribution is 2.21. The number of ether oxygens (including phenoxy) is 1.